The Hall–Kier alpha value is -0.420. The molecule has 0 aromatic carbocycles. The molecule has 0 aliphatic heterocycles. The van der Waals surface area contributed by atoms with Crippen LogP contribution in [0.5, 0.6) is 0 Å². The zero-order chi connectivity index (χ0) is 10.5. The fourth-order valence-corrected chi connectivity index (χ4v) is 0.992. The second-order valence-electron chi connectivity index (χ2n) is 3.16. The zero-order valence-corrected chi connectivity index (χ0v) is 8.97. The number of rotatable bonds is 10. The highest BCUT2D eigenvalue weighted by Crippen LogP contribution is 1.74. The molecule has 0 spiro atoms. The van der Waals surface area contributed by atoms with E-state index < -0.39 is 0 Å². The quantitative estimate of drug-likeness (QED) is 0.281. The van der Waals surface area contributed by atoms with E-state index in [4.69, 9.17) is 11.5 Å². The summed E-state index contributed by atoms with van der Waals surface area (Å²) < 4.78 is 0. The van der Waals surface area contributed by atoms with Crippen molar-refractivity contribution in [3.8, 4) is 0 Å². The van der Waals surface area contributed by atoms with Gasteiger partial charge < -0.3 is 22.1 Å². The molecular weight excluding hydrogens is 176 g/mol. The molecule has 0 saturated heterocycles. The molecule has 0 fully saturated rings. The van der Waals surface area contributed by atoms with E-state index >= 15 is 0 Å². The first-order chi connectivity index (χ1) is 6.91. The van der Waals surface area contributed by atoms with E-state index in [2.05, 4.69) is 22.8 Å². The van der Waals surface area contributed by atoms with Crippen molar-refractivity contribution in [2.45, 2.75) is 12.8 Å². The highest BCUT2D eigenvalue weighted by Gasteiger charge is 1.83. The van der Waals surface area contributed by atoms with Gasteiger partial charge in [0.25, 0.3) is 0 Å². The highest BCUT2D eigenvalue weighted by atomic mass is 14.9. The van der Waals surface area contributed by atoms with Gasteiger partial charge in [0.2, 0.25) is 0 Å². The monoisotopic (exact) mass is 200 g/mol. The SMILES string of the molecule is NCCCNC/C=C\CNCCCN. The van der Waals surface area contributed by atoms with Crippen LogP contribution in [0, 0.1) is 0 Å². The Bertz CT molecular complexity index is 111. The van der Waals surface area contributed by atoms with Gasteiger partial charge in [-0.25, -0.2) is 0 Å². The Balaban J connectivity index is 2.96. The lowest BCUT2D eigenvalue weighted by Crippen LogP contribution is -2.19. The van der Waals surface area contributed by atoms with Crippen LogP contribution in [0.15, 0.2) is 12.2 Å². The molecule has 84 valence electrons. The van der Waals surface area contributed by atoms with Crippen molar-refractivity contribution in [3.05, 3.63) is 12.2 Å². The van der Waals surface area contributed by atoms with Crippen LogP contribution in [0.3, 0.4) is 0 Å². The van der Waals surface area contributed by atoms with Gasteiger partial charge in [-0.3, -0.25) is 0 Å². The van der Waals surface area contributed by atoms with Crippen molar-refractivity contribution in [3.63, 3.8) is 0 Å². The van der Waals surface area contributed by atoms with Gasteiger partial charge in [0, 0.05) is 13.1 Å². The molecule has 0 aliphatic rings. The standard InChI is InChI=1S/C10H24N4/c11-5-3-9-13-7-1-2-8-14-10-4-6-12/h1-2,13-14H,3-12H2/b2-1-. The summed E-state index contributed by atoms with van der Waals surface area (Å²) in [6.07, 6.45) is 6.35. The van der Waals surface area contributed by atoms with Gasteiger partial charge in [-0.1, -0.05) is 12.2 Å². The van der Waals surface area contributed by atoms with Crippen LogP contribution < -0.4 is 22.1 Å². The first-order valence-electron chi connectivity index (χ1n) is 5.38. The average Bonchev–Trinajstić information content (AvgIpc) is 2.21. The van der Waals surface area contributed by atoms with Crippen molar-refractivity contribution in [2.75, 3.05) is 39.3 Å². The molecule has 6 N–H and O–H groups in total. The Morgan fingerprint density at radius 1 is 0.786 bits per heavy atom. The molecule has 0 aromatic rings. The molecule has 0 aromatic heterocycles. The van der Waals surface area contributed by atoms with E-state index in [1.54, 1.807) is 0 Å². The number of nitrogens with one attached hydrogen (secondary N) is 2. The molecule has 0 rings (SSSR count). The lowest BCUT2D eigenvalue weighted by molar-refractivity contribution is 0.689. The van der Waals surface area contributed by atoms with Crippen LogP contribution in [-0.2, 0) is 0 Å². The number of hydrogen-bond acceptors (Lipinski definition) is 4. The lowest BCUT2D eigenvalue weighted by Gasteiger charge is -1.99. The van der Waals surface area contributed by atoms with Crippen LogP contribution >= 0.6 is 0 Å². The van der Waals surface area contributed by atoms with E-state index in [-0.39, 0.29) is 0 Å². The van der Waals surface area contributed by atoms with Crippen molar-refractivity contribution < 1.29 is 0 Å². The molecule has 0 radical (unpaired) electrons. The Morgan fingerprint density at radius 2 is 1.21 bits per heavy atom. The molecule has 0 saturated carbocycles. The molecule has 0 amide bonds. The molecule has 0 aliphatic carbocycles. The average molecular weight is 200 g/mol. The second kappa shape index (κ2) is 12.6. The van der Waals surface area contributed by atoms with Gasteiger partial charge in [0.1, 0.15) is 0 Å². The molecule has 4 heteroatoms. The first kappa shape index (κ1) is 13.6. The lowest BCUT2D eigenvalue weighted by atomic mass is 10.4. The smallest absolute Gasteiger partial charge is 0.0135 e. The minimum atomic E-state index is 0.761. The minimum Gasteiger partial charge on any atom is -0.330 e. The highest BCUT2D eigenvalue weighted by molar-refractivity contribution is 4.85. The van der Waals surface area contributed by atoms with E-state index in [9.17, 15) is 0 Å². The van der Waals surface area contributed by atoms with Crippen molar-refractivity contribution in [1.82, 2.24) is 10.6 Å². The van der Waals surface area contributed by atoms with E-state index in [0.29, 0.717) is 0 Å². The fourth-order valence-electron chi connectivity index (χ4n) is 0.992. The number of hydrogen-bond donors (Lipinski definition) is 4. The summed E-state index contributed by atoms with van der Waals surface area (Å²) >= 11 is 0. The Morgan fingerprint density at radius 3 is 1.57 bits per heavy atom. The third kappa shape index (κ3) is 11.6. The summed E-state index contributed by atoms with van der Waals surface area (Å²) in [6.45, 7) is 5.38. The van der Waals surface area contributed by atoms with E-state index in [1.807, 2.05) is 0 Å². The first-order valence-corrected chi connectivity index (χ1v) is 5.38. The minimum absolute atomic E-state index is 0.761. The van der Waals surface area contributed by atoms with Crippen LogP contribution in [0.25, 0.3) is 0 Å². The topological polar surface area (TPSA) is 76.1 Å². The third-order valence-electron chi connectivity index (χ3n) is 1.81. The molecule has 0 heterocycles. The molecule has 4 nitrogen and oxygen atoms in total. The maximum atomic E-state index is 5.36. The van der Waals surface area contributed by atoms with Crippen molar-refractivity contribution >= 4 is 0 Å². The van der Waals surface area contributed by atoms with Crippen LogP contribution in [0.2, 0.25) is 0 Å². The zero-order valence-electron chi connectivity index (χ0n) is 8.97. The summed E-state index contributed by atoms with van der Waals surface area (Å²) in [5.41, 5.74) is 10.7. The van der Waals surface area contributed by atoms with Crippen molar-refractivity contribution in [1.29, 1.82) is 0 Å². The van der Waals surface area contributed by atoms with Crippen LogP contribution in [0.4, 0.5) is 0 Å². The second-order valence-corrected chi connectivity index (χ2v) is 3.16. The predicted molar refractivity (Wildman–Crippen MR) is 62.2 cm³/mol. The van der Waals surface area contributed by atoms with Gasteiger partial charge in [-0.05, 0) is 39.0 Å². The predicted octanol–water partition coefficient (Wildman–Crippen LogP) is -0.581. The third-order valence-corrected chi connectivity index (χ3v) is 1.81. The molecule has 0 unspecified atom stereocenters. The summed E-state index contributed by atoms with van der Waals surface area (Å²) in [4.78, 5) is 0. The van der Waals surface area contributed by atoms with Gasteiger partial charge >= 0.3 is 0 Å². The Labute approximate surface area is 87.1 Å². The molecule has 0 atom stereocenters. The van der Waals surface area contributed by atoms with Crippen LogP contribution in [-0.4, -0.2) is 39.3 Å². The van der Waals surface area contributed by atoms with Gasteiger partial charge in [-0.15, -0.1) is 0 Å². The molecule has 14 heavy (non-hydrogen) atoms. The normalized spacial score (nSPS) is 11.3. The fraction of sp³-hybridized carbons (Fsp3) is 0.800. The van der Waals surface area contributed by atoms with Crippen molar-refractivity contribution in [2.24, 2.45) is 11.5 Å². The summed E-state index contributed by atoms with van der Waals surface area (Å²) in [7, 11) is 0. The molecular formula is C10H24N4. The van der Waals surface area contributed by atoms with E-state index in [1.165, 1.54) is 0 Å². The summed E-state index contributed by atoms with van der Waals surface area (Å²) in [5, 5.41) is 6.55. The Kier molecular flexibility index (Phi) is 12.2. The summed E-state index contributed by atoms with van der Waals surface area (Å²) in [5.74, 6) is 0. The summed E-state index contributed by atoms with van der Waals surface area (Å²) in [6, 6.07) is 0. The van der Waals surface area contributed by atoms with Gasteiger partial charge in [0.05, 0.1) is 0 Å². The van der Waals surface area contributed by atoms with Gasteiger partial charge in [0.15, 0.2) is 0 Å². The molecule has 0 bridgehead atoms. The number of nitrogens with two attached hydrogens (primary N) is 2. The largest absolute Gasteiger partial charge is 0.330 e. The maximum absolute atomic E-state index is 5.36. The maximum Gasteiger partial charge on any atom is 0.0135 e. The van der Waals surface area contributed by atoms with Gasteiger partial charge in [-0.2, -0.15) is 0 Å². The van der Waals surface area contributed by atoms with Crippen LogP contribution in [0.1, 0.15) is 12.8 Å². The van der Waals surface area contributed by atoms with E-state index in [0.717, 1.165) is 52.1 Å².